The largest absolute Gasteiger partial charge is 0.480 e. The van der Waals surface area contributed by atoms with Gasteiger partial charge in [0.05, 0.1) is 6.61 Å². The van der Waals surface area contributed by atoms with Gasteiger partial charge in [0, 0.05) is 12.8 Å². The van der Waals surface area contributed by atoms with Crippen LogP contribution in [-0.2, 0) is 20.7 Å². The average Bonchev–Trinajstić information content (AvgIpc) is 3.45. The molecule has 3 rings (SSSR count). The van der Waals surface area contributed by atoms with Gasteiger partial charge in [0.1, 0.15) is 16.9 Å². The quantitative estimate of drug-likeness (QED) is 0.708. The number of carboxylic acids is 1. The number of anilines is 1. The monoisotopic (exact) mass is 355 g/mol. The molecule has 6 nitrogen and oxygen atoms in total. The highest BCUT2D eigenvalue weighted by atomic mass is 16.5. The van der Waals surface area contributed by atoms with Gasteiger partial charge in [-0.15, -0.1) is 0 Å². The van der Waals surface area contributed by atoms with Crippen molar-refractivity contribution in [1.82, 2.24) is 0 Å². The van der Waals surface area contributed by atoms with Crippen LogP contribution in [0.2, 0.25) is 0 Å². The maximum atomic E-state index is 12.1. The topological polar surface area (TPSA) is 84.9 Å². The zero-order valence-corrected chi connectivity index (χ0v) is 14.5. The number of nitrogens with one attached hydrogen (secondary N) is 1. The Labute approximate surface area is 151 Å². The number of carbonyl (C=O) groups is 2. The number of methoxy groups -OCH3 is 1. The number of ether oxygens (including phenoxy) is 2. The lowest BCUT2D eigenvalue weighted by molar-refractivity contribution is -0.147. The third-order valence-corrected chi connectivity index (χ3v) is 4.46. The van der Waals surface area contributed by atoms with Crippen LogP contribution in [-0.4, -0.2) is 30.7 Å². The van der Waals surface area contributed by atoms with Crippen molar-refractivity contribution < 1.29 is 24.2 Å². The standard InChI is InChI=1S/C20H21NO5/c1-25-13-10-14-2-6-16(7-3-14)26-17-8-4-15(5-9-17)21-18(22)20(11-12-20)19(23)24/h2-9H,10-13H2,1H3,(H,21,22)(H,23,24). The maximum absolute atomic E-state index is 12.1. The molecule has 1 fully saturated rings. The number of carbonyl (C=O) groups excluding carboxylic acids is 1. The molecule has 0 aliphatic heterocycles. The molecule has 2 N–H and O–H groups in total. The Morgan fingerprint density at radius 2 is 1.62 bits per heavy atom. The lowest BCUT2D eigenvalue weighted by Gasteiger charge is -2.11. The summed E-state index contributed by atoms with van der Waals surface area (Å²) in [6, 6.07) is 14.6. The van der Waals surface area contributed by atoms with Gasteiger partial charge >= 0.3 is 5.97 Å². The first-order chi connectivity index (χ1) is 12.5. The predicted octanol–water partition coefficient (Wildman–Crippen LogP) is 3.47. The van der Waals surface area contributed by atoms with E-state index < -0.39 is 17.3 Å². The zero-order chi connectivity index (χ0) is 18.6. The summed E-state index contributed by atoms with van der Waals surface area (Å²) in [6.45, 7) is 0.677. The Bertz CT molecular complexity index is 779. The molecule has 1 aliphatic rings. The molecule has 0 aromatic heterocycles. The van der Waals surface area contributed by atoms with Crippen molar-refractivity contribution in [2.75, 3.05) is 19.0 Å². The van der Waals surface area contributed by atoms with Gasteiger partial charge in [0.25, 0.3) is 0 Å². The number of hydrogen-bond donors (Lipinski definition) is 2. The second-order valence-corrected chi connectivity index (χ2v) is 6.35. The molecular formula is C20H21NO5. The normalized spacial score (nSPS) is 14.5. The summed E-state index contributed by atoms with van der Waals surface area (Å²) in [7, 11) is 1.68. The summed E-state index contributed by atoms with van der Waals surface area (Å²) in [4.78, 5) is 23.3. The average molecular weight is 355 g/mol. The van der Waals surface area contributed by atoms with Gasteiger partial charge in [-0.05, 0) is 61.2 Å². The van der Waals surface area contributed by atoms with Crippen LogP contribution in [0.25, 0.3) is 0 Å². The predicted molar refractivity (Wildman–Crippen MR) is 96.5 cm³/mol. The van der Waals surface area contributed by atoms with E-state index in [-0.39, 0.29) is 0 Å². The number of benzene rings is 2. The summed E-state index contributed by atoms with van der Waals surface area (Å²) in [5.74, 6) is -0.188. The van der Waals surface area contributed by atoms with Crippen LogP contribution in [0.1, 0.15) is 18.4 Å². The Morgan fingerprint density at radius 3 is 2.12 bits per heavy atom. The Kier molecular flexibility index (Phi) is 5.23. The summed E-state index contributed by atoms with van der Waals surface area (Å²) < 4.78 is 10.8. The van der Waals surface area contributed by atoms with Gasteiger partial charge in [0.2, 0.25) is 5.91 Å². The van der Waals surface area contributed by atoms with Crippen molar-refractivity contribution in [3.8, 4) is 11.5 Å². The Morgan fingerprint density at radius 1 is 1.04 bits per heavy atom. The van der Waals surface area contributed by atoms with Gasteiger partial charge < -0.3 is 19.9 Å². The SMILES string of the molecule is COCCc1ccc(Oc2ccc(NC(=O)C3(C(=O)O)CC3)cc2)cc1. The Balaban J connectivity index is 1.58. The molecule has 26 heavy (non-hydrogen) atoms. The summed E-state index contributed by atoms with van der Waals surface area (Å²) >= 11 is 0. The van der Waals surface area contributed by atoms with Crippen molar-refractivity contribution in [1.29, 1.82) is 0 Å². The second kappa shape index (κ2) is 7.58. The van der Waals surface area contributed by atoms with Crippen molar-refractivity contribution in [3.63, 3.8) is 0 Å². The fraction of sp³-hybridized carbons (Fsp3) is 0.300. The minimum Gasteiger partial charge on any atom is -0.480 e. The molecule has 0 bridgehead atoms. The first kappa shape index (κ1) is 17.9. The van der Waals surface area contributed by atoms with E-state index in [9.17, 15) is 9.59 Å². The first-order valence-corrected chi connectivity index (χ1v) is 8.44. The molecule has 0 saturated heterocycles. The van der Waals surface area contributed by atoms with E-state index in [4.69, 9.17) is 14.6 Å². The summed E-state index contributed by atoms with van der Waals surface area (Å²) in [5, 5.41) is 11.8. The minimum atomic E-state index is -1.25. The van der Waals surface area contributed by atoms with Gasteiger partial charge in [-0.25, -0.2) is 0 Å². The fourth-order valence-electron chi connectivity index (χ4n) is 2.60. The molecule has 0 heterocycles. The van der Waals surface area contributed by atoms with Gasteiger partial charge in [-0.1, -0.05) is 12.1 Å². The van der Waals surface area contributed by atoms with Crippen LogP contribution in [0.15, 0.2) is 48.5 Å². The molecule has 1 aliphatic carbocycles. The second-order valence-electron chi connectivity index (χ2n) is 6.35. The molecule has 0 atom stereocenters. The third kappa shape index (κ3) is 4.03. The van der Waals surface area contributed by atoms with Crippen molar-refractivity contribution in [3.05, 3.63) is 54.1 Å². The van der Waals surface area contributed by atoms with Crippen LogP contribution in [0.4, 0.5) is 5.69 Å². The number of rotatable bonds is 8. The van der Waals surface area contributed by atoms with Crippen LogP contribution < -0.4 is 10.1 Å². The van der Waals surface area contributed by atoms with E-state index in [0.717, 1.165) is 6.42 Å². The van der Waals surface area contributed by atoms with Gasteiger partial charge in [0.15, 0.2) is 0 Å². The van der Waals surface area contributed by atoms with Gasteiger partial charge in [-0.3, -0.25) is 9.59 Å². The molecule has 136 valence electrons. The van der Waals surface area contributed by atoms with Crippen molar-refractivity contribution >= 4 is 17.6 Å². The highest BCUT2D eigenvalue weighted by molar-refractivity contribution is 6.10. The highest BCUT2D eigenvalue weighted by Gasteiger charge is 2.57. The zero-order valence-electron chi connectivity index (χ0n) is 14.5. The van der Waals surface area contributed by atoms with Gasteiger partial charge in [-0.2, -0.15) is 0 Å². The number of hydrogen-bond acceptors (Lipinski definition) is 4. The van der Waals surface area contributed by atoms with Crippen LogP contribution in [0.3, 0.4) is 0 Å². The van der Waals surface area contributed by atoms with Crippen LogP contribution in [0, 0.1) is 5.41 Å². The van der Waals surface area contributed by atoms with Crippen LogP contribution in [0.5, 0.6) is 11.5 Å². The molecule has 0 spiro atoms. The summed E-state index contributed by atoms with van der Waals surface area (Å²) in [6.07, 6.45) is 1.62. The molecule has 1 saturated carbocycles. The van der Waals surface area contributed by atoms with Crippen molar-refractivity contribution in [2.24, 2.45) is 5.41 Å². The smallest absolute Gasteiger partial charge is 0.319 e. The number of aliphatic carboxylic acids is 1. The molecule has 1 amide bonds. The Hall–Kier alpha value is -2.86. The van der Waals surface area contributed by atoms with Crippen molar-refractivity contribution in [2.45, 2.75) is 19.3 Å². The van der Waals surface area contributed by atoms with E-state index in [1.54, 1.807) is 31.4 Å². The fourth-order valence-corrected chi connectivity index (χ4v) is 2.60. The van der Waals surface area contributed by atoms with E-state index in [2.05, 4.69) is 5.32 Å². The number of amides is 1. The van der Waals surface area contributed by atoms with E-state index in [0.29, 0.717) is 36.6 Å². The lowest BCUT2D eigenvalue weighted by Crippen LogP contribution is -2.31. The van der Waals surface area contributed by atoms with Crippen LogP contribution >= 0.6 is 0 Å². The minimum absolute atomic E-state index is 0.385. The lowest BCUT2D eigenvalue weighted by atomic mass is 10.1. The molecule has 6 heteroatoms. The number of carboxylic acid groups (broad SMARTS) is 1. The molecule has 0 unspecified atom stereocenters. The van der Waals surface area contributed by atoms with E-state index in [1.165, 1.54) is 5.56 Å². The highest BCUT2D eigenvalue weighted by Crippen LogP contribution is 2.46. The molecular weight excluding hydrogens is 334 g/mol. The first-order valence-electron chi connectivity index (χ1n) is 8.44. The molecule has 2 aromatic rings. The van der Waals surface area contributed by atoms with E-state index in [1.807, 2.05) is 24.3 Å². The molecule has 2 aromatic carbocycles. The third-order valence-electron chi connectivity index (χ3n) is 4.46. The maximum Gasteiger partial charge on any atom is 0.319 e. The summed E-state index contributed by atoms with van der Waals surface area (Å²) in [5.41, 5.74) is 0.467. The molecule has 0 radical (unpaired) electrons. The van der Waals surface area contributed by atoms with E-state index >= 15 is 0 Å².